The van der Waals surface area contributed by atoms with Crippen molar-refractivity contribution in [1.82, 2.24) is 0 Å². The van der Waals surface area contributed by atoms with Crippen LogP contribution in [0.1, 0.15) is 10.4 Å². The van der Waals surface area contributed by atoms with Crippen molar-refractivity contribution >= 4 is 65.1 Å². The van der Waals surface area contributed by atoms with Gasteiger partial charge in [0.05, 0.1) is 18.4 Å². The third-order valence-electron chi connectivity index (χ3n) is 2.72. The highest BCUT2D eigenvalue weighted by molar-refractivity contribution is 9.11. The molecule has 0 saturated carbocycles. The molecule has 0 heterocycles. The van der Waals surface area contributed by atoms with Gasteiger partial charge in [-0.15, -0.1) is 0 Å². The maximum atomic E-state index is 12.4. The SMILES string of the molecule is COc1ccc(Br)c(C(=O)Nc2c(Br)cc(N)cc2Br)c1. The molecule has 0 aromatic heterocycles. The normalized spacial score (nSPS) is 10.3. The maximum absolute atomic E-state index is 12.4. The molecule has 3 N–H and O–H groups in total. The van der Waals surface area contributed by atoms with Crippen molar-refractivity contribution < 1.29 is 9.53 Å². The van der Waals surface area contributed by atoms with Crippen LogP contribution in [0.4, 0.5) is 11.4 Å². The Morgan fingerprint density at radius 1 is 1.10 bits per heavy atom. The van der Waals surface area contributed by atoms with Crippen LogP contribution in [0.25, 0.3) is 0 Å². The van der Waals surface area contributed by atoms with E-state index in [0.717, 1.165) is 0 Å². The van der Waals surface area contributed by atoms with E-state index in [4.69, 9.17) is 10.5 Å². The number of rotatable bonds is 3. The second-order valence-corrected chi connectivity index (χ2v) is 6.72. The third-order valence-corrected chi connectivity index (χ3v) is 4.66. The van der Waals surface area contributed by atoms with Gasteiger partial charge in [0.1, 0.15) is 5.75 Å². The number of hydrogen-bond donors (Lipinski definition) is 2. The summed E-state index contributed by atoms with van der Waals surface area (Å²) in [6, 6.07) is 8.65. The number of nitrogens with two attached hydrogens (primary N) is 1. The first kappa shape index (κ1) is 16.3. The van der Waals surface area contributed by atoms with E-state index in [1.165, 1.54) is 0 Å². The van der Waals surface area contributed by atoms with Crippen molar-refractivity contribution in [2.75, 3.05) is 18.2 Å². The summed E-state index contributed by atoms with van der Waals surface area (Å²) < 4.78 is 7.21. The van der Waals surface area contributed by atoms with Gasteiger partial charge in [0, 0.05) is 19.1 Å². The lowest BCUT2D eigenvalue weighted by atomic mass is 10.2. The van der Waals surface area contributed by atoms with Gasteiger partial charge >= 0.3 is 0 Å². The van der Waals surface area contributed by atoms with Gasteiger partial charge in [0.25, 0.3) is 5.91 Å². The predicted molar refractivity (Wildman–Crippen MR) is 94.9 cm³/mol. The minimum absolute atomic E-state index is 0.257. The van der Waals surface area contributed by atoms with Crippen LogP contribution in [0.15, 0.2) is 43.7 Å². The van der Waals surface area contributed by atoms with Gasteiger partial charge < -0.3 is 15.8 Å². The van der Waals surface area contributed by atoms with E-state index < -0.39 is 0 Å². The molecular formula is C14H11Br3N2O2. The molecule has 0 bridgehead atoms. The molecule has 4 nitrogen and oxygen atoms in total. The van der Waals surface area contributed by atoms with E-state index in [9.17, 15) is 4.79 Å². The fourth-order valence-corrected chi connectivity index (χ4v) is 3.55. The van der Waals surface area contributed by atoms with Gasteiger partial charge in [0.2, 0.25) is 0 Å². The first-order chi connectivity index (χ1) is 9.92. The fraction of sp³-hybridized carbons (Fsp3) is 0.0714. The van der Waals surface area contributed by atoms with Gasteiger partial charge in [-0.3, -0.25) is 4.79 Å². The predicted octanol–water partition coefficient (Wildman–Crippen LogP) is 4.82. The average molecular weight is 479 g/mol. The van der Waals surface area contributed by atoms with E-state index in [1.807, 2.05) is 0 Å². The molecule has 0 aliphatic carbocycles. The highest BCUT2D eigenvalue weighted by Crippen LogP contribution is 2.34. The van der Waals surface area contributed by atoms with Gasteiger partial charge in [-0.1, -0.05) is 0 Å². The highest BCUT2D eigenvalue weighted by atomic mass is 79.9. The summed E-state index contributed by atoms with van der Waals surface area (Å²) in [6.07, 6.45) is 0. The number of amides is 1. The van der Waals surface area contributed by atoms with Crippen molar-refractivity contribution in [3.63, 3.8) is 0 Å². The summed E-state index contributed by atoms with van der Waals surface area (Å²) in [6.45, 7) is 0. The van der Waals surface area contributed by atoms with E-state index in [-0.39, 0.29) is 5.91 Å². The number of benzene rings is 2. The summed E-state index contributed by atoms with van der Waals surface area (Å²) >= 11 is 10.1. The summed E-state index contributed by atoms with van der Waals surface area (Å²) in [5.41, 5.74) is 7.42. The molecule has 0 atom stereocenters. The van der Waals surface area contributed by atoms with Crippen LogP contribution in [-0.4, -0.2) is 13.0 Å². The molecule has 0 saturated heterocycles. The van der Waals surface area contributed by atoms with Crippen molar-refractivity contribution in [3.8, 4) is 5.75 Å². The van der Waals surface area contributed by atoms with Gasteiger partial charge in [-0.25, -0.2) is 0 Å². The number of carbonyl (C=O) groups is 1. The summed E-state index contributed by atoms with van der Waals surface area (Å²) in [5, 5.41) is 2.84. The fourth-order valence-electron chi connectivity index (χ4n) is 1.70. The van der Waals surface area contributed by atoms with Crippen LogP contribution in [0.3, 0.4) is 0 Å². The zero-order valence-corrected chi connectivity index (χ0v) is 15.7. The standard InChI is InChI=1S/C14H11Br3N2O2/c1-21-8-2-3-10(15)9(6-8)14(20)19-13-11(16)4-7(18)5-12(13)17/h2-6H,18H2,1H3,(H,19,20). The molecule has 0 unspecified atom stereocenters. The second kappa shape index (κ2) is 6.81. The van der Waals surface area contributed by atoms with Crippen LogP contribution in [0, 0.1) is 0 Å². The van der Waals surface area contributed by atoms with E-state index in [2.05, 4.69) is 53.1 Å². The average Bonchev–Trinajstić information content (AvgIpc) is 2.43. The van der Waals surface area contributed by atoms with Gasteiger partial charge in [0.15, 0.2) is 0 Å². The third kappa shape index (κ3) is 3.78. The van der Waals surface area contributed by atoms with E-state index in [0.29, 0.717) is 36.1 Å². The van der Waals surface area contributed by atoms with Crippen molar-refractivity contribution in [1.29, 1.82) is 0 Å². The Morgan fingerprint density at radius 2 is 1.71 bits per heavy atom. The summed E-state index contributed by atoms with van der Waals surface area (Å²) in [5.74, 6) is 0.353. The zero-order valence-electron chi connectivity index (χ0n) is 10.9. The molecule has 21 heavy (non-hydrogen) atoms. The largest absolute Gasteiger partial charge is 0.497 e. The van der Waals surface area contributed by atoms with Crippen LogP contribution >= 0.6 is 47.8 Å². The number of nitrogen functional groups attached to an aromatic ring is 1. The zero-order chi connectivity index (χ0) is 15.6. The van der Waals surface area contributed by atoms with Crippen molar-refractivity contribution in [2.24, 2.45) is 0 Å². The number of hydrogen-bond acceptors (Lipinski definition) is 3. The minimum atomic E-state index is -0.257. The van der Waals surface area contributed by atoms with E-state index >= 15 is 0 Å². The number of carbonyl (C=O) groups excluding carboxylic acids is 1. The molecule has 2 rings (SSSR count). The lowest BCUT2D eigenvalue weighted by Gasteiger charge is -2.12. The maximum Gasteiger partial charge on any atom is 0.257 e. The Kier molecular flexibility index (Phi) is 5.29. The Balaban J connectivity index is 2.35. The van der Waals surface area contributed by atoms with Gasteiger partial charge in [-0.2, -0.15) is 0 Å². The lowest BCUT2D eigenvalue weighted by Crippen LogP contribution is -2.13. The quantitative estimate of drug-likeness (QED) is 0.622. The minimum Gasteiger partial charge on any atom is -0.497 e. The number of nitrogens with one attached hydrogen (secondary N) is 1. The molecule has 0 spiro atoms. The van der Waals surface area contributed by atoms with Crippen LogP contribution in [-0.2, 0) is 0 Å². The Labute approximate surface area is 147 Å². The molecule has 0 radical (unpaired) electrons. The Bertz CT molecular complexity index is 682. The Hall–Kier alpha value is -1.05. The molecule has 7 heteroatoms. The lowest BCUT2D eigenvalue weighted by molar-refractivity contribution is 0.102. The topological polar surface area (TPSA) is 64.3 Å². The van der Waals surface area contributed by atoms with Gasteiger partial charge in [-0.05, 0) is 78.1 Å². The second-order valence-electron chi connectivity index (χ2n) is 4.16. The number of ether oxygens (including phenoxy) is 1. The molecule has 1 amide bonds. The number of halogens is 3. The summed E-state index contributed by atoms with van der Waals surface area (Å²) in [4.78, 5) is 12.4. The molecule has 110 valence electrons. The molecule has 0 aliphatic rings. The first-order valence-corrected chi connectivity index (χ1v) is 8.19. The molecule has 2 aromatic carbocycles. The molecular weight excluding hydrogens is 468 g/mol. The number of anilines is 2. The van der Waals surface area contributed by atoms with Crippen LogP contribution < -0.4 is 15.8 Å². The Morgan fingerprint density at radius 3 is 2.29 bits per heavy atom. The van der Waals surface area contributed by atoms with E-state index in [1.54, 1.807) is 37.4 Å². The monoisotopic (exact) mass is 476 g/mol. The first-order valence-electron chi connectivity index (χ1n) is 5.81. The van der Waals surface area contributed by atoms with Crippen molar-refractivity contribution in [3.05, 3.63) is 49.3 Å². The molecule has 0 aliphatic heterocycles. The smallest absolute Gasteiger partial charge is 0.257 e. The summed E-state index contributed by atoms with van der Waals surface area (Å²) in [7, 11) is 1.55. The highest BCUT2D eigenvalue weighted by Gasteiger charge is 2.15. The van der Waals surface area contributed by atoms with Crippen LogP contribution in [0.5, 0.6) is 5.75 Å². The molecule has 2 aromatic rings. The molecule has 0 fully saturated rings. The van der Waals surface area contributed by atoms with Crippen molar-refractivity contribution in [2.45, 2.75) is 0 Å². The van der Waals surface area contributed by atoms with Crippen LogP contribution in [0.2, 0.25) is 0 Å². The number of methoxy groups -OCH3 is 1.